The lowest BCUT2D eigenvalue weighted by Gasteiger charge is -2.18. The third-order valence-corrected chi connectivity index (χ3v) is 8.03. The summed E-state index contributed by atoms with van der Waals surface area (Å²) in [7, 11) is -3.50. The van der Waals surface area contributed by atoms with Crippen LogP contribution in [0.1, 0.15) is 19.3 Å². The number of imide groups is 1. The number of nitrogens with one attached hydrogen (secondary N) is 1. The summed E-state index contributed by atoms with van der Waals surface area (Å²) in [4.78, 5) is 27.0. The summed E-state index contributed by atoms with van der Waals surface area (Å²) in [6, 6.07) is 21.7. The first-order valence-corrected chi connectivity index (χ1v) is 12.9. The fraction of sp³-hybridized carbons (Fsp3) is 0.231. The molecule has 5 rings (SSSR count). The van der Waals surface area contributed by atoms with Gasteiger partial charge in [-0.05, 0) is 73.5 Å². The molecular formula is C26H25N3O5S. The van der Waals surface area contributed by atoms with E-state index in [-0.39, 0.29) is 23.1 Å². The predicted molar refractivity (Wildman–Crippen MR) is 132 cm³/mol. The second-order valence-corrected chi connectivity index (χ2v) is 10.5. The number of anilines is 2. The third kappa shape index (κ3) is 4.78. The Labute approximate surface area is 204 Å². The van der Waals surface area contributed by atoms with Crippen molar-refractivity contribution in [2.45, 2.75) is 30.2 Å². The maximum absolute atomic E-state index is 13.0. The quantitative estimate of drug-likeness (QED) is 0.502. The van der Waals surface area contributed by atoms with Gasteiger partial charge in [0.1, 0.15) is 17.5 Å². The van der Waals surface area contributed by atoms with E-state index in [0.29, 0.717) is 36.0 Å². The molecule has 8 nitrogen and oxygen atoms in total. The van der Waals surface area contributed by atoms with Gasteiger partial charge < -0.3 is 10.1 Å². The lowest BCUT2D eigenvalue weighted by atomic mass is 10.2. The van der Waals surface area contributed by atoms with Crippen molar-refractivity contribution in [3.8, 4) is 11.5 Å². The van der Waals surface area contributed by atoms with Gasteiger partial charge >= 0.3 is 0 Å². The molecule has 180 valence electrons. The lowest BCUT2D eigenvalue weighted by molar-refractivity contribution is -0.121. The number of rotatable bonds is 7. The Morgan fingerprint density at radius 1 is 0.800 bits per heavy atom. The van der Waals surface area contributed by atoms with Crippen LogP contribution >= 0.6 is 0 Å². The van der Waals surface area contributed by atoms with Crippen molar-refractivity contribution in [2.24, 2.45) is 0 Å². The van der Waals surface area contributed by atoms with Crippen molar-refractivity contribution in [1.29, 1.82) is 0 Å². The van der Waals surface area contributed by atoms with Crippen LogP contribution in [0, 0.1) is 0 Å². The van der Waals surface area contributed by atoms with Crippen LogP contribution in [-0.2, 0) is 19.6 Å². The summed E-state index contributed by atoms with van der Waals surface area (Å²) in [6.45, 7) is 1.08. The minimum absolute atomic E-state index is 0.00886. The zero-order chi connectivity index (χ0) is 24.4. The summed E-state index contributed by atoms with van der Waals surface area (Å²) in [5.41, 5.74) is 1.04. The number of carbonyl (C=O) groups excluding carboxylic acids is 2. The molecule has 35 heavy (non-hydrogen) atoms. The number of hydrogen-bond donors (Lipinski definition) is 1. The molecule has 1 atom stereocenters. The smallest absolute Gasteiger partial charge is 0.256 e. The Morgan fingerprint density at radius 2 is 1.43 bits per heavy atom. The van der Waals surface area contributed by atoms with Crippen LogP contribution in [0.2, 0.25) is 0 Å². The number of sulfonamides is 1. The minimum atomic E-state index is -3.50. The molecule has 2 amide bonds. The van der Waals surface area contributed by atoms with E-state index in [1.165, 1.54) is 16.4 Å². The molecule has 0 spiro atoms. The number of benzene rings is 3. The Hall–Kier alpha value is -3.69. The van der Waals surface area contributed by atoms with Crippen LogP contribution < -0.4 is 15.0 Å². The van der Waals surface area contributed by atoms with Gasteiger partial charge in [0.05, 0.1) is 17.0 Å². The van der Waals surface area contributed by atoms with Gasteiger partial charge in [0.15, 0.2) is 0 Å². The maximum atomic E-state index is 13.0. The van der Waals surface area contributed by atoms with Crippen molar-refractivity contribution >= 4 is 33.2 Å². The minimum Gasteiger partial charge on any atom is -0.457 e. The summed E-state index contributed by atoms with van der Waals surface area (Å²) in [6.07, 6.45) is 1.75. The zero-order valence-corrected chi connectivity index (χ0v) is 19.8. The third-order valence-electron chi connectivity index (χ3n) is 6.12. The van der Waals surface area contributed by atoms with Gasteiger partial charge in [-0.1, -0.05) is 18.2 Å². The molecule has 2 fully saturated rings. The monoisotopic (exact) mass is 491 g/mol. The van der Waals surface area contributed by atoms with Gasteiger partial charge in [-0.25, -0.2) is 13.3 Å². The second-order valence-electron chi connectivity index (χ2n) is 8.51. The molecule has 2 saturated heterocycles. The summed E-state index contributed by atoms with van der Waals surface area (Å²) >= 11 is 0. The molecule has 0 aliphatic carbocycles. The van der Waals surface area contributed by atoms with E-state index in [9.17, 15) is 18.0 Å². The van der Waals surface area contributed by atoms with Crippen LogP contribution in [0.3, 0.4) is 0 Å². The lowest BCUT2D eigenvalue weighted by Crippen LogP contribution is -2.34. The Morgan fingerprint density at radius 3 is 2.09 bits per heavy atom. The van der Waals surface area contributed by atoms with Crippen LogP contribution in [0.4, 0.5) is 11.4 Å². The van der Waals surface area contributed by atoms with Crippen LogP contribution in [0.25, 0.3) is 0 Å². The van der Waals surface area contributed by atoms with Crippen molar-refractivity contribution in [2.75, 3.05) is 23.3 Å². The molecule has 9 heteroatoms. The Kier molecular flexibility index (Phi) is 6.27. The highest BCUT2D eigenvalue weighted by molar-refractivity contribution is 7.89. The second kappa shape index (κ2) is 9.52. The Bertz CT molecular complexity index is 1320. The van der Waals surface area contributed by atoms with E-state index in [2.05, 4.69) is 5.32 Å². The number of hydrogen-bond acceptors (Lipinski definition) is 6. The fourth-order valence-electron chi connectivity index (χ4n) is 4.31. The topological polar surface area (TPSA) is 96.0 Å². The van der Waals surface area contributed by atoms with E-state index >= 15 is 0 Å². The maximum Gasteiger partial charge on any atom is 0.256 e. The molecule has 2 heterocycles. The molecule has 1 unspecified atom stereocenters. The molecular weight excluding hydrogens is 466 g/mol. The van der Waals surface area contributed by atoms with Gasteiger partial charge in [-0.2, -0.15) is 4.31 Å². The number of amides is 2. The highest BCUT2D eigenvalue weighted by Gasteiger charge is 2.39. The average molecular weight is 492 g/mol. The fourth-order valence-corrected chi connectivity index (χ4v) is 5.82. The average Bonchev–Trinajstić information content (AvgIpc) is 3.50. The van der Waals surface area contributed by atoms with Crippen molar-refractivity contribution in [1.82, 2.24) is 4.31 Å². The first-order valence-electron chi connectivity index (χ1n) is 11.5. The van der Waals surface area contributed by atoms with Gasteiger partial charge in [-0.15, -0.1) is 0 Å². The normalized spacial score (nSPS) is 18.7. The van der Waals surface area contributed by atoms with E-state index in [4.69, 9.17) is 4.74 Å². The highest BCUT2D eigenvalue weighted by atomic mass is 32.2. The summed E-state index contributed by atoms with van der Waals surface area (Å²) in [5, 5.41) is 3.07. The van der Waals surface area contributed by atoms with Crippen molar-refractivity contribution in [3.05, 3.63) is 78.9 Å². The van der Waals surface area contributed by atoms with E-state index < -0.39 is 16.1 Å². The molecule has 3 aromatic rings. The largest absolute Gasteiger partial charge is 0.457 e. The van der Waals surface area contributed by atoms with Crippen LogP contribution in [0.15, 0.2) is 83.8 Å². The molecule has 3 aromatic carbocycles. The molecule has 1 N–H and O–H groups in total. The van der Waals surface area contributed by atoms with E-state index in [1.807, 2.05) is 30.3 Å². The number of ether oxygens (including phenoxy) is 1. The molecule has 0 bridgehead atoms. The predicted octanol–water partition coefficient (Wildman–Crippen LogP) is 4.01. The van der Waals surface area contributed by atoms with Gasteiger partial charge in [0.25, 0.3) is 5.91 Å². The molecule has 0 saturated carbocycles. The summed E-state index contributed by atoms with van der Waals surface area (Å²) in [5.74, 6) is 0.618. The van der Waals surface area contributed by atoms with Crippen molar-refractivity contribution in [3.63, 3.8) is 0 Å². The number of nitrogens with zero attached hydrogens (tertiary/aromatic N) is 2. The molecule has 2 aliphatic heterocycles. The zero-order valence-electron chi connectivity index (χ0n) is 19.0. The van der Waals surface area contributed by atoms with Crippen LogP contribution in [0.5, 0.6) is 11.5 Å². The van der Waals surface area contributed by atoms with Crippen LogP contribution in [-0.4, -0.2) is 43.7 Å². The molecule has 0 aromatic heterocycles. The Balaban J connectivity index is 1.25. The summed E-state index contributed by atoms with van der Waals surface area (Å²) < 4.78 is 32.7. The first kappa shape index (κ1) is 23.1. The number of carbonyl (C=O) groups is 2. The SMILES string of the molecule is O=C1CC(Nc2ccc(S(=O)(=O)N3CCCC3)cc2)C(=O)N1c1ccc(Oc2ccccc2)cc1. The van der Waals surface area contributed by atoms with Gasteiger partial charge in [0.2, 0.25) is 15.9 Å². The standard InChI is InChI=1S/C26H25N3O5S/c30-25-18-24(27-19-8-14-23(15-9-19)35(32,33)28-16-4-5-17-28)26(31)29(25)20-10-12-22(13-11-20)34-21-6-2-1-3-7-21/h1-3,6-15,24,27H,4-5,16-18H2. The molecule has 2 aliphatic rings. The highest BCUT2D eigenvalue weighted by Crippen LogP contribution is 2.29. The van der Waals surface area contributed by atoms with Crippen molar-refractivity contribution < 1.29 is 22.7 Å². The van der Waals surface area contributed by atoms with Gasteiger partial charge in [0, 0.05) is 18.8 Å². The van der Waals surface area contributed by atoms with E-state index in [1.54, 1.807) is 36.4 Å². The molecule has 0 radical (unpaired) electrons. The first-order chi connectivity index (χ1) is 16.9. The van der Waals surface area contributed by atoms with E-state index in [0.717, 1.165) is 17.7 Å². The van der Waals surface area contributed by atoms with Gasteiger partial charge in [-0.3, -0.25) is 9.59 Å². The number of para-hydroxylation sites is 1.